The predicted molar refractivity (Wildman–Crippen MR) is 55.9 cm³/mol. The highest BCUT2D eigenvalue weighted by Gasteiger charge is 1.96. The predicted octanol–water partition coefficient (Wildman–Crippen LogP) is 3.11. The van der Waals surface area contributed by atoms with Crippen molar-refractivity contribution in [3.63, 3.8) is 0 Å². The van der Waals surface area contributed by atoms with Crippen molar-refractivity contribution in [1.29, 1.82) is 0 Å². The minimum atomic E-state index is 1.05. The van der Waals surface area contributed by atoms with E-state index in [1.165, 1.54) is 16.5 Å². The monoisotopic (exact) mass is 171 g/mol. The van der Waals surface area contributed by atoms with Gasteiger partial charge in [-0.3, -0.25) is 4.98 Å². The van der Waals surface area contributed by atoms with E-state index in [4.69, 9.17) is 0 Å². The number of hydrogen-bond acceptors (Lipinski definition) is 1. The van der Waals surface area contributed by atoms with Crippen LogP contribution in [0.15, 0.2) is 30.5 Å². The molecule has 0 N–H and O–H groups in total. The van der Waals surface area contributed by atoms with Gasteiger partial charge in [-0.05, 0) is 36.6 Å². The molecule has 0 aliphatic carbocycles. The summed E-state index contributed by atoms with van der Waals surface area (Å²) < 4.78 is 0. The second kappa shape index (κ2) is 3.17. The van der Waals surface area contributed by atoms with Crippen molar-refractivity contribution >= 4 is 10.9 Å². The number of aromatic nitrogens is 1. The summed E-state index contributed by atoms with van der Waals surface area (Å²) in [7, 11) is 0. The van der Waals surface area contributed by atoms with E-state index < -0.39 is 0 Å². The maximum Gasteiger partial charge on any atom is 0.0704 e. The van der Waals surface area contributed by atoms with Crippen LogP contribution >= 0.6 is 0 Å². The van der Waals surface area contributed by atoms with Gasteiger partial charge in [0.25, 0.3) is 0 Å². The Balaban J connectivity index is 2.66. The van der Waals surface area contributed by atoms with Gasteiger partial charge in [0.05, 0.1) is 5.52 Å². The molecule has 0 amide bonds. The Morgan fingerprint density at radius 3 is 2.85 bits per heavy atom. The molecule has 1 aromatic heterocycles. The van der Waals surface area contributed by atoms with E-state index in [1.54, 1.807) is 0 Å². The molecule has 0 aliphatic rings. The molecule has 1 nitrogen and oxygen atoms in total. The summed E-state index contributed by atoms with van der Waals surface area (Å²) >= 11 is 0. The van der Waals surface area contributed by atoms with Crippen LogP contribution < -0.4 is 0 Å². The molecule has 66 valence electrons. The van der Waals surface area contributed by atoms with Gasteiger partial charge in [0, 0.05) is 11.6 Å². The molecule has 0 fully saturated rings. The first-order valence-electron chi connectivity index (χ1n) is 4.65. The lowest BCUT2D eigenvalue weighted by Gasteiger charge is -2.00. The Labute approximate surface area is 78.4 Å². The normalized spacial score (nSPS) is 10.6. The molecule has 0 atom stereocenters. The zero-order valence-electron chi connectivity index (χ0n) is 8.04. The van der Waals surface area contributed by atoms with E-state index in [-0.39, 0.29) is 0 Å². The Bertz CT molecular complexity index is 432. The lowest BCUT2D eigenvalue weighted by atomic mass is 10.1. The average Bonchev–Trinajstić information content (AvgIpc) is 2.17. The molecule has 2 rings (SSSR count). The Kier molecular flexibility index (Phi) is 2.01. The van der Waals surface area contributed by atoms with Crippen molar-refractivity contribution in [1.82, 2.24) is 4.98 Å². The summed E-state index contributed by atoms with van der Waals surface area (Å²) in [6, 6.07) is 8.59. The molecule has 1 aromatic carbocycles. The summed E-state index contributed by atoms with van der Waals surface area (Å²) in [5, 5.41) is 1.24. The number of fused-ring (bicyclic) bond motifs is 1. The second-order valence-corrected chi connectivity index (χ2v) is 3.39. The minimum absolute atomic E-state index is 1.05. The molecule has 0 saturated carbocycles. The summed E-state index contributed by atoms with van der Waals surface area (Å²) in [4.78, 5) is 4.41. The van der Waals surface area contributed by atoms with E-state index in [2.05, 4.69) is 43.1 Å². The molecule has 0 aliphatic heterocycles. The van der Waals surface area contributed by atoms with E-state index in [9.17, 15) is 0 Å². The van der Waals surface area contributed by atoms with Crippen LogP contribution in [0.2, 0.25) is 0 Å². The molecule has 2 aromatic rings. The minimum Gasteiger partial charge on any atom is -0.256 e. The molecule has 13 heavy (non-hydrogen) atoms. The van der Waals surface area contributed by atoms with Gasteiger partial charge in [-0.1, -0.05) is 19.1 Å². The highest BCUT2D eigenvalue weighted by molar-refractivity contribution is 5.79. The Morgan fingerprint density at radius 1 is 1.23 bits per heavy atom. The summed E-state index contributed by atoms with van der Waals surface area (Å²) in [6.45, 7) is 4.24. The number of aryl methyl sites for hydroxylation is 2. The van der Waals surface area contributed by atoms with Gasteiger partial charge in [0.15, 0.2) is 0 Å². The van der Waals surface area contributed by atoms with Gasteiger partial charge >= 0.3 is 0 Å². The molecule has 0 unspecified atom stereocenters. The maximum absolute atomic E-state index is 4.41. The summed E-state index contributed by atoms with van der Waals surface area (Å²) in [5.41, 5.74) is 3.66. The van der Waals surface area contributed by atoms with Crippen molar-refractivity contribution in [3.05, 3.63) is 41.6 Å². The molecule has 1 heterocycles. The van der Waals surface area contributed by atoms with Gasteiger partial charge < -0.3 is 0 Å². The van der Waals surface area contributed by atoms with Crippen LogP contribution in [0.3, 0.4) is 0 Å². The van der Waals surface area contributed by atoms with Crippen LogP contribution in [0.4, 0.5) is 0 Å². The third-order valence-corrected chi connectivity index (χ3v) is 2.30. The van der Waals surface area contributed by atoms with E-state index in [0.29, 0.717) is 0 Å². The molecule has 0 bridgehead atoms. The molecule has 0 saturated heterocycles. The lowest BCUT2D eigenvalue weighted by Crippen LogP contribution is -1.85. The van der Waals surface area contributed by atoms with Gasteiger partial charge in [0.2, 0.25) is 0 Å². The summed E-state index contributed by atoms with van der Waals surface area (Å²) in [6.07, 6.45) is 3.01. The number of nitrogens with zero attached hydrogens (tertiary/aromatic N) is 1. The van der Waals surface area contributed by atoms with E-state index >= 15 is 0 Å². The number of benzene rings is 1. The Hall–Kier alpha value is -1.37. The zero-order valence-corrected chi connectivity index (χ0v) is 8.04. The second-order valence-electron chi connectivity index (χ2n) is 3.39. The Morgan fingerprint density at radius 2 is 2.08 bits per heavy atom. The van der Waals surface area contributed by atoms with Crippen molar-refractivity contribution in [3.8, 4) is 0 Å². The maximum atomic E-state index is 4.41. The molecular weight excluding hydrogens is 158 g/mol. The number of rotatable bonds is 1. The fourth-order valence-electron chi connectivity index (χ4n) is 1.47. The first-order chi connectivity index (χ1) is 6.29. The molecular formula is C12H13N. The third-order valence-electron chi connectivity index (χ3n) is 2.30. The van der Waals surface area contributed by atoms with Crippen LogP contribution in [-0.4, -0.2) is 4.98 Å². The highest BCUT2D eigenvalue weighted by atomic mass is 14.6. The molecule has 1 heteroatoms. The van der Waals surface area contributed by atoms with E-state index in [0.717, 1.165) is 11.9 Å². The van der Waals surface area contributed by atoms with Crippen molar-refractivity contribution in [2.45, 2.75) is 20.3 Å². The standard InChI is InChI=1S/C12H13N/c1-3-10-7-11-5-4-9(2)6-12(11)13-8-10/h4-8H,3H2,1-2H3. The van der Waals surface area contributed by atoms with Gasteiger partial charge in [-0.2, -0.15) is 0 Å². The first-order valence-corrected chi connectivity index (χ1v) is 4.65. The molecule has 0 radical (unpaired) electrons. The van der Waals surface area contributed by atoms with E-state index in [1.807, 2.05) is 6.20 Å². The fraction of sp³-hybridized carbons (Fsp3) is 0.250. The third kappa shape index (κ3) is 1.55. The van der Waals surface area contributed by atoms with Gasteiger partial charge in [-0.15, -0.1) is 0 Å². The number of pyridine rings is 1. The SMILES string of the molecule is CCc1cnc2cc(C)ccc2c1. The zero-order chi connectivity index (χ0) is 9.26. The van der Waals surface area contributed by atoms with Crippen LogP contribution in [0.5, 0.6) is 0 Å². The number of hydrogen-bond donors (Lipinski definition) is 0. The topological polar surface area (TPSA) is 12.9 Å². The lowest BCUT2D eigenvalue weighted by molar-refractivity contribution is 1.12. The van der Waals surface area contributed by atoms with Gasteiger partial charge in [-0.25, -0.2) is 0 Å². The van der Waals surface area contributed by atoms with Gasteiger partial charge in [0.1, 0.15) is 0 Å². The van der Waals surface area contributed by atoms with Crippen molar-refractivity contribution in [2.24, 2.45) is 0 Å². The summed E-state index contributed by atoms with van der Waals surface area (Å²) in [5.74, 6) is 0. The smallest absolute Gasteiger partial charge is 0.0704 e. The van der Waals surface area contributed by atoms with Crippen molar-refractivity contribution < 1.29 is 0 Å². The van der Waals surface area contributed by atoms with Crippen molar-refractivity contribution in [2.75, 3.05) is 0 Å². The largest absolute Gasteiger partial charge is 0.256 e. The molecule has 0 spiro atoms. The average molecular weight is 171 g/mol. The van der Waals surface area contributed by atoms with Crippen LogP contribution in [0, 0.1) is 6.92 Å². The van der Waals surface area contributed by atoms with Crippen LogP contribution in [0.1, 0.15) is 18.1 Å². The quantitative estimate of drug-likeness (QED) is 0.642. The highest BCUT2D eigenvalue weighted by Crippen LogP contribution is 2.14. The first kappa shape index (κ1) is 8.24. The van der Waals surface area contributed by atoms with Crippen LogP contribution in [-0.2, 0) is 6.42 Å². The fourth-order valence-corrected chi connectivity index (χ4v) is 1.47. The van der Waals surface area contributed by atoms with Crippen LogP contribution in [0.25, 0.3) is 10.9 Å².